The van der Waals surface area contributed by atoms with Crippen LogP contribution in [-0.4, -0.2) is 20.1 Å². The highest BCUT2D eigenvalue weighted by Crippen LogP contribution is 2.37. The summed E-state index contributed by atoms with van der Waals surface area (Å²) in [6.07, 6.45) is 6.30. The van der Waals surface area contributed by atoms with Gasteiger partial charge in [-0.05, 0) is 19.3 Å². The van der Waals surface area contributed by atoms with Crippen molar-refractivity contribution in [2.75, 3.05) is 0 Å². The molecule has 3 N–H and O–H groups in total. The van der Waals surface area contributed by atoms with Crippen LogP contribution in [0.5, 0.6) is 0 Å². The Balaban J connectivity index is 1.94. The molecule has 2 aromatic rings. The molecule has 1 aliphatic carbocycles. The Morgan fingerprint density at radius 2 is 2.33 bits per heavy atom. The molecule has 15 heavy (non-hydrogen) atoms. The van der Waals surface area contributed by atoms with Gasteiger partial charge in [-0.2, -0.15) is 4.98 Å². The highest BCUT2D eigenvalue weighted by Gasteiger charge is 2.40. The molecule has 2 aromatic heterocycles. The third kappa shape index (κ3) is 1.25. The zero-order chi connectivity index (χ0) is 10.3. The molecule has 78 valence electrons. The average Bonchev–Trinajstić information content (AvgIpc) is 2.84. The smallest absolute Gasteiger partial charge is 0.247 e. The number of hydrogen-bond acceptors (Lipinski definition) is 5. The van der Waals surface area contributed by atoms with E-state index in [0.29, 0.717) is 17.5 Å². The Bertz CT molecular complexity index is 457. The van der Waals surface area contributed by atoms with Gasteiger partial charge in [-0.3, -0.25) is 0 Å². The summed E-state index contributed by atoms with van der Waals surface area (Å²) < 4.78 is 5.15. The van der Waals surface area contributed by atoms with Crippen molar-refractivity contribution in [3.63, 3.8) is 0 Å². The normalized spacial score (nSPS) is 18.7. The van der Waals surface area contributed by atoms with Crippen LogP contribution in [0.1, 0.15) is 25.2 Å². The van der Waals surface area contributed by atoms with Gasteiger partial charge < -0.3 is 15.2 Å². The van der Waals surface area contributed by atoms with Gasteiger partial charge in [0.05, 0.1) is 5.54 Å². The SMILES string of the molecule is NC1(c2nc(-c3ncc[nH]3)no2)CCC1. The number of hydrogen-bond donors (Lipinski definition) is 2. The molecule has 2 heterocycles. The maximum atomic E-state index is 6.06. The summed E-state index contributed by atoms with van der Waals surface area (Å²) in [5, 5.41) is 3.85. The molecular weight excluding hydrogens is 194 g/mol. The monoisotopic (exact) mass is 205 g/mol. The topological polar surface area (TPSA) is 93.6 Å². The lowest BCUT2D eigenvalue weighted by atomic mass is 9.78. The van der Waals surface area contributed by atoms with Gasteiger partial charge in [0.15, 0.2) is 5.82 Å². The van der Waals surface area contributed by atoms with Gasteiger partial charge in [-0.25, -0.2) is 4.98 Å². The standard InChI is InChI=1S/C9H11N5O/c10-9(2-1-3-9)8-13-7(14-15-8)6-11-4-5-12-6/h4-5H,1-3,10H2,(H,11,12). The van der Waals surface area contributed by atoms with Crippen LogP contribution >= 0.6 is 0 Å². The molecule has 0 bridgehead atoms. The first-order chi connectivity index (χ1) is 7.28. The van der Waals surface area contributed by atoms with E-state index in [2.05, 4.69) is 20.1 Å². The van der Waals surface area contributed by atoms with Crippen LogP contribution in [0.3, 0.4) is 0 Å². The molecule has 0 aliphatic heterocycles. The molecule has 0 unspecified atom stereocenters. The molecule has 0 saturated heterocycles. The summed E-state index contributed by atoms with van der Waals surface area (Å²) in [6, 6.07) is 0. The number of aromatic amines is 1. The number of nitrogens with one attached hydrogen (secondary N) is 1. The molecular formula is C9H11N5O. The summed E-state index contributed by atoms with van der Waals surface area (Å²) in [7, 11) is 0. The van der Waals surface area contributed by atoms with Crippen LogP contribution < -0.4 is 5.73 Å². The van der Waals surface area contributed by atoms with Gasteiger partial charge in [-0.1, -0.05) is 5.16 Å². The molecule has 1 saturated carbocycles. The molecule has 0 atom stereocenters. The Morgan fingerprint density at radius 3 is 2.93 bits per heavy atom. The van der Waals surface area contributed by atoms with Gasteiger partial charge >= 0.3 is 0 Å². The number of nitrogens with two attached hydrogens (primary N) is 1. The zero-order valence-electron chi connectivity index (χ0n) is 8.10. The number of imidazole rings is 1. The Hall–Kier alpha value is -1.69. The first kappa shape index (κ1) is 8.60. The van der Waals surface area contributed by atoms with E-state index in [1.54, 1.807) is 12.4 Å². The third-order valence-electron chi connectivity index (χ3n) is 2.81. The summed E-state index contributed by atoms with van der Waals surface area (Å²) in [5.74, 6) is 1.58. The van der Waals surface area contributed by atoms with E-state index in [1.165, 1.54) is 0 Å². The molecule has 6 nitrogen and oxygen atoms in total. The number of rotatable bonds is 2. The van der Waals surface area contributed by atoms with Crippen molar-refractivity contribution in [1.29, 1.82) is 0 Å². The van der Waals surface area contributed by atoms with Crippen LogP contribution in [0, 0.1) is 0 Å². The third-order valence-corrected chi connectivity index (χ3v) is 2.81. The second-order valence-electron chi connectivity index (χ2n) is 3.87. The first-order valence-electron chi connectivity index (χ1n) is 4.91. The summed E-state index contributed by atoms with van der Waals surface area (Å²) in [4.78, 5) is 11.2. The van der Waals surface area contributed by atoms with Gasteiger partial charge in [0.1, 0.15) is 0 Å². The summed E-state index contributed by atoms with van der Waals surface area (Å²) in [5.41, 5.74) is 5.66. The second-order valence-corrected chi connectivity index (χ2v) is 3.87. The van der Waals surface area contributed by atoms with Crippen molar-refractivity contribution in [2.24, 2.45) is 5.73 Å². The van der Waals surface area contributed by atoms with Crippen molar-refractivity contribution in [3.05, 3.63) is 18.3 Å². The van der Waals surface area contributed by atoms with Crippen molar-refractivity contribution in [1.82, 2.24) is 20.1 Å². The summed E-state index contributed by atoms with van der Waals surface area (Å²) in [6.45, 7) is 0. The maximum Gasteiger partial charge on any atom is 0.247 e. The van der Waals surface area contributed by atoms with E-state index >= 15 is 0 Å². The lowest BCUT2D eigenvalue weighted by Gasteiger charge is -2.33. The van der Waals surface area contributed by atoms with Gasteiger partial charge in [-0.15, -0.1) is 0 Å². The maximum absolute atomic E-state index is 6.06. The van der Waals surface area contributed by atoms with Crippen molar-refractivity contribution < 1.29 is 4.52 Å². The zero-order valence-corrected chi connectivity index (χ0v) is 8.10. The van der Waals surface area contributed by atoms with Crippen molar-refractivity contribution in [2.45, 2.75) is 24.8 Å². The molecule has 0 aromatic carbocycles. The Morgan fingerprint density at radius 1 is 1.47 bits per heavy atom. The largest absolute Gasteiger partial charge is 0.342 e. The van der Waals surface area contributed by atoms with E-state index in [1.807, 2.05) is 0 Å². The minimum atomic E-state index is -0.405. The second kappa shape index (κ2) is 2.90. The van der Waals surface area contributed by atoms with Gasteiger partial charge in [0.2, 0.25) is 11.7 Å². The van der Waals surface area contributed by atoms with E-state index < -0.39 is 5.54 Å². The van der Waals surface area contributed by atoms with Crippen LogP contribution in [0.25, 0.3) is 11.6 Å². The Kier molecular flexibility index (Phi) is 1.66. The molecule has 0 amide bonds. The summed E-state index contributed by atoms with van der Waals surface area (Å²) >= 11 is 0. The lowest BCUT2D eigenvalue weighted by molar-refractivity contribution is 0.181. The lowest BCUT2D eigenvalue weighted by Crippen LogP contribution is -2.43. The number of nitrogens with zero attached hydrogens (tertiary/aromatic N) is 3. The molecule has 1 aliphatic rings. The molecule has 0 spiro atoms. The van der Waals surface area contributed by atoms with Crippen LogP contribution in [0.2, 0.25) is 0 Å². The van der Waals surface area contributed by atoms with Crippen molar-refractivity contribution in [3.8, 4) is 11.6 Å². The molecule has 1 fully saturated rings. The average molecular weight is 205 g/mol. The van der Waals surface area contributed by atoms with E-state index in [-0.39, 0.29) is 0 Å². The fourth-order valence-corrected chi connectivity index (χ4v) is 1.68. The van der Waals surface area contributed by atoms with Crippen LogP contribution in [0.4, 0.5) is 0 Å². The predicted octanol–water partition coefficient (Wildman–Crippen LogP) is 0.798. The molecule has 3 rings (SSSR count). The minimum absolute atomic E-state index is 0.405. The van der Waals surface area contributed by atoms with Crippen LogP contribution in [0.15, 0.2) is 16.9 Å². The predicted molar refractivity (Wildman–Crippen MR) is 51.6 cm³/mol. The van der Waals surface area contributed by atoms with E-state index in [4.69, 9.17) is 10.3 Å². The minimum Gasteiger partial charge on any atom is -0.342 e. The Labute approximate surface area is 85.9 Å². The fourth-order valence-electron chi connectivity index (χ4n) is 1.68. The van der Waals surface area contributed by atoms with Crippen LogP contribution in [-0.2, 0) is 5.54 Å². The number of aromatic nitrogens is 4. The van der Waals surface area contributed by atoms with E-state index in [9.17, 15) is 0 Å². The first-order valence-corrected chi connectivity index (χ1v) is 4.91. The highest BCUT2D eigenvalue weighted by molar-refractivity contribution is 5.41. The molecule has 0 radical (unpaired) electrons. The fraction of sp³-hybridized carbons (Fsp3) is 0.444. The quantitative estimate of drug-likeness (QED) is 0.756. The van der Waals surface area contributed by atoms with E-state index in [0.717, 1.165) is 19.3 Å². The number of H-pyrrole nitrogens is 1. The highest BCUT2D eigenvalue weighted by atomic mass is 16.5. The van der Waals surface area contributed by atoms with Gasteiger partial charge in [0.25, 0.3) is 0 Å². The van der Waals surface area contributed by atoms with Crippen molar-refractivity contribution >= 4 is 0 Å². The van der Waals surface area contributed by atoms with Gasteiger partial charge in [0, 0.05) is 12.4 Å². The molecule has 6 heteroatoms.